The van der Waals surface area contributed by atoms with Crippen molar-refractivity contribution in [2.45, 2.75) is 97.4 Å². The average Bonchev–Trinajstić information content (AvgIpc) is 3.56. The van der Waals surface area contributed by atoms with E-state index >= 15 is 0 Å². The SMILES string of the molecule is CC(C)OC(=O)OC(C)OP(=O)(OC(C)OC(=O)OC(C)C)OP(=O)(O)OC[C@H]1O[C@@H](n2ccc(=O)n(Cc3noc4ccccc34)c2=O)C(O)[C@H]1O. The first kappa shape index (κ1) is 41.8. The molecule has 4 unspecified atom stereocenters. The van der Waals surface area contributed by atoms with Crippen molar-refractivity contribution in [1.29, 1.82) is 0 Å². The van der Waals surface area contributed by atoms with Gasteiger partial charge in [0.25, 0.3) is 5.56 Å². The molecule has 1 aliphatic rings. The second-order valence-corrected chi connectivity index (χ2v) is 15.0. The molecule has 1 aliphatic heterocycles. The van der Waals surface area contributed by atoms with Crippen LogP contribution in [0.1, 0.15) is 53.5 Å². The maximum absolute atomic E-state index is 13.5. The number of phosphoric acid groups is 2. The molecule has 53 heavy (non-hydrogen) atoms. The number of benzene rings is 1. The first-order valence-electron chi connectivity index (χ1n) is 15.8. The Balaban J connectivity index is 1.47. The van der Waals surface area contributed by atoms with Gasteiger partial charge < -0.3 is 43.3 Å². The van der Waals surface area contributed by atoms with Crippen molar-refractivity contribution in [2.75, 3.05) is 6.61 Å². The van der Waals surface area contributed by atoms with Crippen molar-refractivity contribution in [3.8, 4) is 0 Å². The molecule has 4 rings (SSSR count). The minimum atomic E-state index is -5.57. The average molecular weight is 796 g/mol. The molecule has 3 N–H and O–H groups in total. The molecule has 7 atom stereocenters. The monoisotopic (exact) mass is 795 g/mol. The Hall–Kier alpha value is -3.95. The van der Waals surface area contributed by atoms with Gasteiger partial charge in [-0.2, -0.15) is 4.31 Å². The summed E-state index contributed by atoms with van der Waals surface area (Å²) in [6, 6.07) is 7.74. The van der Waals surface area contributed by atoms with E-state index in [1.807, 2.05) is 0 Å². The number of carbonyl (C=O) groups is 2. The first-order valence-corrected chi connectivity index (χ1v) is 18.8. The van der Waals surface area contributed by atoms with Crippen LogP contribution >= 0.6 is 15.6 Å². The summed E-state index contributed by atoms with van der Waals surface area (Å²) < 4.78 is 77.6. The second kappa shape index (κ2) is 17.5. The van der Waals surface area contributed by atoms with Crippen LogP contribution in [0.4, 0.5) is 9.59 Å². The number of hydrogen-bond donors (Lipinski definition) is 3. The van der Waals surface area contributed by atoms with E-state index < -0.39 is 95.1 Å². The second-order valence-electron chi connectivity index (χ2n) is 11.8. The smallest absolute Gasteiger partial charge is 0.432 e. The fourth-order valence-electron chi connectivity index (χ4n) is 4.67. The lowest BCUT2D eigenvalue weighted by atomic mass is 10.1. The predicted molar refractivity (Wildman–Crippen MR) is 175 cm³/mol. The quantitative estimate of drug-likeness (QED) is 0.107. The van der Waals surface area contributed by atoms with Crippen molar-refractivity contribution < 1.29 is 79.9 Å². The third kappa shape index (κ3) is 11.3. The number of aliphatic hydroxyl groups is 2. The molecule has 0 bridgehead atoms. The number of rotatable bonds is 16. The number of aromatic nitrogens is 3. The Kier molecular flexibility index (Phi) is 13.8. The summed E-state index contributed by atoms with van der Waals surface area (Å²) in [5.74, 6) is 0. The van der Waals surface area contributed by atoms with E-state index in [0.29, 0.717) is 11.0 Å². The molecule has 0 amide bonds. The molecule has 0 radical (unpaired) electrons. The number of nitrogens with zero attached hydrogens (tertiary/aromatic N) is 3. The number of ether oxygens (including phenoxy) is 5. The zero-order chi connectivity index (χ0) is 39.2. The van der Waals surface area contributed by atoms with Gasteiger partial charge in [0.1, 0.15) is 24.0 Å². The molecule has 3 heterocycles. The van der Waals surface area contributed by atoms with E-state index in [-0.39, 0.29) is 12.2 Å². The Morgan fingerprint density at radius 2 is 1.47 bits per heavy atom. The van der Waals surface area contributed by atoms with Crippen LogP contribution < -0.4 is 11.2 Å². The van der Waals surface area contributed by atoms with Crippen molar-refractivity contribution in [3.63, 3.8) is 0 Å². The van der Waals surface area contributed by atoms with Gasteiger partial charge in [0.2, 0.25) is 12.6 Å². The fourth-order valence-corrected chi connectivity index (χ4v) is 7.37. The zero-order valence-corrected chi connectivity index (χ0v) is 30.9. The first-order chi connectivity index (χ1) is 24.8. The van der Waals surface area contributed by atoms with E-state index in [4.69, 9.17) is 41.8 Å². The number of aliphatic hydroxyl groups excluding tert-OH is 2. The van der Waals surface area contributed by atoms with Crippen LogP contribution in [0.25, 0.3) is 11.0 Å². The molecule has 2 aromatic heterocycles. The van der Waals surface area contributed by atoms with Crippen molar-refractivity contribution >= 4 is 38.9 Å². The van der Waals surface area contributed by atoms with Crippen LogP contribution in [0.5, 0.6) is 0 Å². The molecular weight excluding hydrogens is 756 g/mol. The van der Waals surface area contributed by atoms with Gasteiger partial charge in [-0.1, -0.05) is 17.3 Å². The highest BCUT2D eigenvalue weighted by molar-refractivity contribution is 7.61. The van der Waals surface area contributed by atoms with Crippen molar-refractivity contribution in [3.05, 3.63) is 63.1 Å². The number of carbonyl (C=O) groups excluding carboxylic acids is 2. The minimum Gasteiger partial charge on any atom is -0.432 e. The minimum absolute atomic E-state index is 0.258. The lowest BCUT2D eigenvalue weighted by molar-refractivity contribution is -0.101. The Labute approximate surface area is 300 Å². The molecule has 0 spiro atoms. The van der Waals surface area contributed by atoms with Gasteiger partial charge in [-0.25, -0.2) is 32.6 Å². The maximum Gasteiger partial charge on any atom is 0.510 e. The standard InChI is InChI=1S/C29H39N3O19P2/c1-15(2)43-28(37)45-17(5)49-53(41,50-18(6)46-29(38)44-16(3)4)51-52(39,40)42-14-22-24(34)25(35)26(47-22)31-12-11-23(33)32(27(31)36)13-20-19-9-7-8-10-21(19)48-30-20/h7-12,15-18,22,24-26,34-35H,13-14H2,1-6H3,(H,39,40)/t17?,18?,22-,24+,25?,26-,53?/m1/s1. The van der Waals surface area contributed by atoms with Gasteiger partial charge in [-0.15, -0.1) is 0 Å². The number of phosphoric ester groups is 2. The summed E-state index contributed by atoms with van der Waals surface area (Å²) in [6.45, 7) is 6.69. The predicted octanol–water partition coefficient (Wildman–Crippen LogP) is 2.91. The van der Waals surface area contributed by atoms with Crippen LogP contribution in [0.15, 0.2) is 50.6 Å². The largest absolute Gasteiger partial charge is 0.510 e. The van der Waals surface area contributed by atoms with Crippen molar-refractivity contribution in [1.82, 2.24) is 14.3 Å². The molecule has 1 fully saturated rings. The van der Waals surface area contributed by atoms with Crippen LogP contribution in [0.2, 0.25) is 0 Å². The summed E-state index contributed by atoms with van der Waals surface area (Å²) >= 11 is 0. The van der Waals surface area contributed by atoms with Gasteiger partial charge >= 0.3 is 33.6 Å². The third-order valence-corrected chi connectivity index (χ3v) is 10.0. The highest BCUT2D eigenvalue weighted by atomic mass is 31.3. The van der Waals surface area contributed by atoms with Crippen LogP contribution in [0.3, 0.4) is 0 Å². The highest BCUT2D eigenvalue weighted by Crippen LogP contribution is 2.64. The van der Waals surface area contributed by atoms with Gasteiger partial charge in [0.15, 0.2) is 11.8 Å². The number of fused-ring (bicyclic) bond motifs is 1. The van der Waals surface area contributed by atoms with Crippen LogP contribution in [0, 0.1) is 0 Å². The molecule has 0 aliphatic carbocycles. The van der Waals surface area contributed by atoms with E-state index in [0.717, 1.165) is 35.2 Å². The van der Waals surface area contributed by atoms with E-state index in [9.17, 15) is 43.4 Å². The third-order valence-electron chi connectivity index (χ3n) is 6.82. The molecule has 1 aromatic carbocycles. The zero-order valence-electron chi connectivity index (χ0n) is 29.1. The van der Waals surface area contributed by atoms with E-state index in [1.165, 1.54) is 27.7 Å². The summed E-state index contributed by atoms with van der Waals surface area (Å²) in [4.78, 5) is 60.4. The molecule has 294 valence electrons. The summed E-state index contributed by atoms with van der Waals surface area (Å²) in [6.07, 6.45) is -13.4. The fraction of sp³-hybridized carbons (Fsp3) is 0.552. The van der Waals surface area contributed by atoms with E-state index in [1.54, 1.807) is 24.3 Å². The van der Waals surface area contributed by atoms with Gasteiger partial charge in [-0.05, 0) is 53.7 Å². The van der Waals surface area contributed by atoms with Gasteiger partial charge in [-0.3, -0.25) is 18.5 Å². The lowest BCUT2D eigenvalue weighted by Gasteiger charge is -2.25. The van der Waals surface area contributed by atoms with Gasteiger partial charge in [0, 0.05) is 17.6 Å². The van der Waals surface area contributed by atoms with Crippen LogP contribution in [-0.4, -0.2) is 91.4 Å². The Bertz CT molecular complexity index is 1920. The van der Waals surface area contributed by atoms with Crippen LogP contribution in [-0.2, 0) is 57.2 Å². The maximum atomic E-state index is 13.5. The van der Waals surface area contributed by atoms with Gasteiger partial charge in [0.05, 0.1) is 25.4 Å². The van der Waals surface area contributed by atoms with E-state index in [2.05, 4.69) is 9.47 Å². The summed E-state index contributed by atoms with van der Waals surface area (Å²) in [5, 5.41) is 25.9. The topological polar surface area (TPSA) is 282 Å². The molecule has 3 aromatic rings. The number of para-hydroxylation sites is 1. The summed E-state index contributed by atoms with van der Waals surface area (Å²) in [5.41, 5.74) is -1.04. The highest BCUT2D eigenvalue weighted by Gasteiger charge is 2.47. The summed E-state index contributed by atoms with van der Waals surface area (Å²) in [7, 11) is -11.0. The number of hydrogen-bond acceptors (Lipinski definition) is 19. The normalized spacial score (nSPS) is 22.2. The Morgan fingerprint density at radius 1 is 0.887 bits per heavy atom. The Morgan fingerprint density at radius 3 is 2.06 bits per heavy atom. The molecule has 1 saturated heterocycles. The molecular formula is C29H39N3O19P2. The molecule has 24 heteroatoms. The molecule has 0 saturated carbocycles. The molecule has 22 nitrogen and oxygen atoms in total. The lowest BCUT2D eigenvalue weighted by Crippen LogP contribution is -2.43. The van der Waals surface area contributed by atoms with Crippen molar-refractivity contribution in [2.24, 2.45) is 0 Å².